The summed E-state index contributed by atoms with van der Waals surface area (Å²) < 4.78 is 0. The van der Waals surface area contributed by atoms with Gasteiger partial charge in [0.2, 0.25) is 0 Å². The van der Waals surface area contributed by atoms with E-state index in [4.69, 9.17) is 11.0 Å². The van der Waals surface area contributed by atoms with E-state index >= 15 is 0 Å². The van der Waals surface area contributed by atoms with E-state index in [0.717, 1.165) is 11.6 Å². The molecule has 0 saturated heterocycles. The molecule has 1 aromatic rings. The van der Waals surface area contributed by atoms with E-state index < -0.39 is 0 Å². The Hall–Kier alpha value is -1.69. The third-order valence-electron chi connectivity index (χ3n) is 4.28. The second-order valence-corrected chi connectivity index (χ2v) is 5.27. The van der Waals surface area contributed by atoms with E-state index in [9.17, 15) is 0 Å². The van der Waals surface area contributed by atoms with Crippen LogP contribution in [0.15, 0.2) is 18.2 Å². The van der Waals surface area contributed by atoms with Gasteiger partial charge in [0.1, 0.15) is 6.07 Å². The van der Waals surface area contributed by atoms with Gasteiger partial charge in [-0.1, -0.05) is 20.3 Å². The van der Waals surface area contributed by atoms with Gasteiger partial charge in [0.25, 0.3) is 0 Å². The van der Waals surface area contributed by atoms with E-state index in [0.29, 0.717) is 23.2 Å². The average molecular weight is 243 g/mol. The second-order valence-electron chi connectivity index (χ2n) is 5.27. The lowest BCUT2D eigenvalue weighted by Crippen LogP contribution is -2.24. The van der Waals surface area contributed by atoms with E-state index in [1.165, 1.54) is 19.3 Å². The van der Waals surface area contributed by atoms with Crippen LogP contribution in [0, 0.1) is 23.2 Å². The van der Waals surface area contributed by atoms with Crippen molar-refractivity contribution in [2.45, 2.75) is 39.2 Å². The van der Waals surface area contributed by atoms with Crippen LogP contribution in [0.5, 0.6) is 0 Å². The predicted octanol–water partition coefficient (Wildman–Crippen LogP) is 3.38. The van der Waals surface area contributed by atoms with E-state index in [-0.39, 0.29) is 0 Å². The molecule has 1 aromatic carbocycles. The predicted molar refractivity (Wildman–Crippen MR) is 75.2 cm³/mol. The SMILES string of the molecule is CCC1CCC(Nc2ccc(N)c(C#N)c2)C1C. The summed E-state index contributed by atoms with van der Waals surface area (Å²) in [6.07, 6.45) is 3.77. The van der Waals surface area contributed by atoms with Crippen LogP contribution in [0.3, 0.4) is 0 Å². The molecule has 0 heterocycles. The molecule has 3 nitrogen and oxygen atoms in total. The van der Waals surface area contributed by atoms with Crippen molar-refractivity contribution in [2.24, 2.45) is 11.8 Å². The van der Waals surface area contributed by atoms with E-state index in [2.05, 4.69) is 25.2 Å². The maximum atomic E-state index is 8.98. The van der Waals surface area contributed by atoms with Crippen LogP contribution in [0.1, 0.15) is 38.7 Å². The minimum absolute atomic E-state index is 0.519. The summed E-state index contributed by atoms with van der Waals surface area (Å²) in [4.78, 5) is 0. The molecule has 18 heavy (non-hydrogen) atoms. The van der Waals surface area contributed by atoms with Crippen molar-refractivity contribution in [1.29, 1.82) is 5.26 Å². The quantitative estimate of drug-likeness (QED) is 0.800. The second kappa shape index (κ2) is 5.30. The van der Waals surface area contributed by atoms with Crippen molar-refractivity contribution in [1.82, 2.24) is 0 Å². The molecule has 0 amide bonds. The summed E-state index contributed by atoms with van der Waals surface area (Å²) in [6.45, 7) is 4.59. The Kier molecular flexibility index (Phi) is 3.76. The van der Waals surface area contributed by atoms with Crippen LogP contribution < -0.4 is 11.1 Å². The molecular formula is C15H21N3. The van der Waals surface area contributed by atoms with E-state index in [1.807, 2.05) is 12.1 Å². The fraction of sp³-hybridized carbons (Fsp3) is 0.533. The molecule has 1 aliphatic rings. The molecule has 3 N–H and O–H groups in total. The highest BCUT2D eigenvalue weighted by Crippen LogP contribution is 2.35. The zero-order valence-corrected chi connectivity index (χ0v) is 11.1. The minimum Gasteiger partial charge on any atom is -0.398 e. The van der Waals surface area contributed by atoms with Crippen LogP contribution in [0.25, 0.3) is 0 Å². The molecule has 0 aliphatic heterocycles. The molecule has 0 spiro atoms. The zero-order valence-electron chi connectivity index (χ0n) is 11.1. The zero-order chi connectivity index (χ0) is 13.1. The molecule has 2 rings (SSSR count). The number of anilines is 2. The number of nitrogen functional groups attached to an aromatic ring is 1. The number of hydrogen-bond donors (Lipinski definition) is 2. The van der Waals surface area contributed by atoms with Gasteiger partial charge < -0.3 is 11.1 Å². The summed E-state index contributed by atoms with van der Waals surface area (Å²) >= 11 is 0. The smallest absolute Gasteiger partial charge is 0.101 e. The lowest BCUT2D eigenvalue weighted by molar-refractivity contribution is 0.392. The van der Waals surface area contributed by atoms with Gasteiger partial charge in [-0.3, -0.25) is 0 Å². The highest BCUT2D eigenvalue weighted by atomic mass is 14.9. The van der Waals surface area contributed by atoms with Gasteiger partial charge >= 0.3 is 0 Å². The number of nitrogens with zero attached hydrogens (tertiary/aromatic N) is 1. The number of hydrogen-bond acceptors (Lipinski definition) is 3. The van der Waals surface area contributed by atoms with Gasteiger partial charge in [0.15, 0.2) is 0 Å². The highest BCUT2D eigenvalue weighted by Gasteiger charge is 2.31. The highest BCUT2D eigenvalue weighted by molar-refractivity contribution is 5.62. The Morgan fingerprint density at radius 3 is 2.83 bits per heavy atom. The summed E-state index contributed by atoms with van der Waals surface area (Å²) in [5, 5.41) is 12.5. The normalized spacial score (nSPS) is 26.8. The van der Waals surface area contributed by atoms with Crippen LogP contribution in [0.2, 0.25) is 0 Å². The van der Waals surface area contributed by atoms with Crippen LogP contribution in [-0.4, -0.2) is 6.04 Å². The van der Waals surface area contributed by atoms with Crippen molar-refractivity contribution < 1.29 is 0 Å². The molecule has 0 aromatic heterocycles. The largest absolute Gasteiger partial charge is 0.398 e. The first kappa shape index (κ1) is 12.8. The first-order chi connectivity index (χ1) is 8.65. The Morgan fingerprint density at radius 1 is 1.44 bits per heavy atom. The van der Waals surface area contributed by atoms with Crippen molar-refractivity contribution >= 4 is 11.4 Å². The fourth-order valence-electron chi connectivity index (χ4n) is 2.98. The molecule has 3 unspecified atom stereocenters. The molecule has 3 atom stereocenters. The van der Waals surface area contributed by atoms with Crippen LogP contribution >= 0.6 is 0 Å². The van der Waals surface area contributed by atoms with E-state index in [1.54, 1.807) is 6.07 Å². The molecule has 1 aliphatic carbocycles. The number of rotatable bonds is 3. The van der Waals surface area contributed by atoms with Crippen LogP contribution in [-0.2, 0) is 0 Å². The maximum absolute atomic E-state index is 8.98. The van der Waals surface area contributed by atoms with Crippen molar-refractivity contribution in [3.63, 3.8) is 0 Å². The Balaban J connectivity index is 2.09. The molecular weight excluding hydrogens is 222 g/mol. The van der Waals surface area contributed by atoms with Gasteiger partial charge in [-0.15, -0.1) is 0 Å². The third-order valence-corrected chi connectivity index (χ3v) is 4.28. The first-order valence-corrected chi connectivity index (χ1v) is 6.71. The van der Waals surface area contributed by atoms with Gasteiger partial charge in [-0.25, -0.2) is 0 Å². The summed E-state index contributed by atoms with van der Waals surface area (Å²) in [7, 11) is 0. The lowest BCUT2D eigenvalue weighted by Gasteiger charge is -2.22. The van der Waals surface area contributed by atoms with Crippen molar-refractivity contribution in [2.75, 3.05) is 11.1 Å². The molecule has 96 valence electrons. The average Bonchev–Trinajstić information content (AvgIpc) is 2.73. The number of benzene rings is 1. The summed E-state index contributed by atoms with van der Waals surface area (Å²) in [5.41, 5.74) is 7.84. The Morgan fingerprint density at radius 2 is 2.22 bits per heavy atom. The Bertz CT molecular complexity index is 461. The lowest BCUT2D eigenvalue weighted by atomic mass is 9.93. The third kappa shape index (κ3) is 2.43. The van der Waals surface area contributed by atoms with Gasteiger partial charge in [0.05, 0.1) is 5.56 Å². The van der Waals surface area contributed by atoms with Crippen molar-refractivity contribution in [3.05, 3.63) is 23.8 Å². The Labute approximate surface area is 109 Å². The molecule has 0 bridgehead atoms. The van der Waals surface area contributed by atoms with Gasteiger partial charge in [0, 0.05) is 17.4 Å². The van der Waals surface area contributed by atoms with Crippen LogP contribution in [0.4, 0.5) is 11.4 Å². The molecule has 0 radical (unpaired) electrons. The standard InChI is InChI=1S/C15H21N3/c1-3-11-4-7-15(10(11)2)18-13-5-6-14(17)12(8-13)9-16/h5-6,8,10-11,15,18H,3-4,7,17H2,1-2H3. The minimum atomic E-state index is 0.519. The van der Waals surface area contributed by atoms with Gasteiger partial charge in [-0.05, 0) is 42.9 Å². The fourth-order valence-corrected chi connectivity index (χ4v) is 2.98. The maximum Gasteiger partial charge on any atom is 0.101 e. The first-order valence-electron chi connectivity index (χ1n) is 6.71. The monoisotopic (exact) mass is 243 g/mol. The number of nitriles is 1. The summed E-state index contributed by atoms with van der Waals surface area (Å²) in [6, 6.07) is 8.26. The number of nitrogens with two attached hydrogens (primary N) is 1. The topological polar surface area (TPSA) is 61.8 Å². The molecule has 1 fully saturated rings. The molecule has 3 heteroatoms. The van der Waals surface area contributed by atoms with Crippen molar-refractivity contribution in [3.8, 4) is 6.07 Å². The van der Waals surface area contributed by atoms with Gasteiger partial charge in [-0.2, -0.15) is 5.26 Å². The number of nitrogens with one attached hydrogen (secondary N) is 1. The molecule has 1 saturated carbocycles. The summed E-state index contributed by atoms with van der Waals surface area (Å²) in [5.74, 6) is 1.52.